The summed E-state index contributed by atoms with van der Waals surface area (Å²) in [6.45, 7) is 1.17. The lowest BCUT2D eigenvalue weighted by atomic mass is 10.1. The van der Waals surface area contributed by atoms with E-state index in [0.29, 0.717) is 49.3 Å². The summed E-state index contributed by atoms with van der Waals surface area (Å²) in [6.07, 6.45) is 2.94. The predicted molar refractivity (Wildman–Crippen MR) is 79.9 cm³/mol. The van der Waals surface area contributed by atoms with E-state index in [0.717, 1.165) is 5.69 Å². The van der Waals surface area contributed by atoms with Gasteiger partial charge < -0.3 is 10.6 Å². The third kappa shape index (κ3) is 3.59. The number of aromatic nitrogens is 2. The summed E-state index contributed by atoms with van der Waals surface area (Å²) < 4.78 is 13.1. The Hall–Kier alpha value is -1.92. The fourth-order valence-corrected chi connectivity index (χ4v) is 2.57. The summed E-state index contributed by atoms with van der Waals surface area (Å²) in [5, 5.41) is 15.1. The molecule has 3 rings (SSSR count). The van der Waals surface area contributed by atoms with E-state index < -0.39 is 6.17 Å². The molecular weight excluding hydrogens is 271 g/mol. The van der Waals surface area contributed by atoms with Crippen molar-refractivity contribution in [1.82, 2.24) is 15.1 Å². The molecular formula is C14H21FN6. The molecule has 1 aromatic rings. The topological polar surface area (TPSA) is 94.2 Å². The van der Waals surface area contributed by atoms with Crippen molar-refractivity contribution >= 4 is 17.5 Å². The minimum Gasteiger partial charge on any atom is -0.387 e. The number of alkyl halides is 1. The van der Waals surface area contributed by atoms with Crippen LogP contribution in [0, 0.1) is 5.41 Å². The number of nitrogens with one attached hydrogen (secondary N) is 2. The van der Waals surface area contributed by atoms with Crippen LogP contribution in [0.15, 0.2) is 11.1 Å². The monoisotopic (exact) mass is 292 g/mol. The maximum atomic E-state index is 13.1. The Morgan fingerprint density at radius 3 is 2.81 bits per heavy atom. The molecule has 0 radical (unpaired) electrons. The van der Waals surface area contributed by atoms with Gasteiger partial charge >= 0.3 is 0 Å². The fraction of sp³-hybridized carbons (Fsp3) is 0.643. The zero-order valence-corrected chi connectivity index (χ0v) is 12.0. The minimum absolute atomic E-state index is 0.280. The van der Waals surface area contributed by atoms with Gasteiger partial charge in [-0.15, -0.1) is 0 Å². The van der Waals surface area contributed by atoms with Gasteiger partial charge in [0.15, 0.2) is 5.82 Å². The number of nitrogens with two attached hydrogens (primary N) is 1. The fourth-order valence-electron chi connectivity index (χ4n) is 2.57. The number of halogens is 1. The molecule has 2 fully saturated rings. The average Bonchev–Trinajstić information content (AvgIpc) is 3.20. The van der Waals surface area contributed by atoms with Crippen LogP contribution in [0.5, 0.6) is 0 Å². The molecule has 1 aromatic heterocycles. The Kier molecular flexibility index (Phi) is 3.90. The van der Waals surface area contributed by atoms with Crippen LogP contribution in [0.1, 0.15) is 43.7 Å². The Morgan fingerprint density at radius 2 is 2.14 bits per heavy atom. The standard InChI is InChI=1S/C14H21FN6/c15-10-3-5-21(6-4-10)13(17)8-12(16)18-14-7-11(19-20-14)9-1-2-9/h7,9-10,17H,1-6,8H2,(H3,16,18,19,20). The van der Waals surface area contributed by atoms with Crippen molar-refractivity contribution in [2.75, 3.05) is 13.1 Å². The molecule has 0 unspecified atom stereocenters. The smallest absolute Gasteiger partial charge is 0.175 e. The van der Waals surface area contributed by atoms with E-state index in [9.17, 15) is 4.39 Å². The Labute approximate surface area is 123 Å². The van der Waals surface area contributed by atoms with Gasteiger partial charge in [0.1, 0.15) is 17.8 Å². The van der Waals surface area contributed by atoms with Crippen LogP contribution in [0.25, 0.3) is 0 Å². The van der Waals surface area contributed by atoms with Crippen LogP contribution in [-0.4, -0.2) is 46.0 Å². The average molecular weight is 292 g/mol. The van der Waals surface area contributed by atoms with Crippen LogP contribution in [-0.2, 0) is 0 Å². The molecule has 1 saturated carbocycles. The first-order chi connectivity index (χ1) is 10.1. The lowest BCUT2D eigenvalue weighted by Gasteiger charge is -2.30. The largest absolute Gasteiger partial charge is 0.387 e. The maximum Gasteiger partial charge on any atom is 0.175 e. The van der Waals surface area contributed by atoms with Gasteiger partial charge in [0.2, 0.25) is 0 Å². The molecule has 2 aliphatic rings. The van der Waals surface area contributed by atoms with Gasteiger partial charge in [0, 0.05) is 30.8 Å². The van der Waals surface area contributed by atoms with Crippen molar-refractivity contribution in [3.8, 4) is 0 Å². The third-order valence-corrected chi connectivity index (χ3v) is 4.01. The summed E-state index contributed by atoms with van der Waals surface area (Å²) >= 11 is 0. The molecule has 0 aromatic carbocycles. The van der Waals surface area contributed by atoms with E-state index in [4.69, 9.17) is 11.1 Å². The van der Waals surface area contributed by atoms with Crippen molar-refractivity contribution in [1.29, 1.82) is 5.41 Å². The minimum atomic E-state index is -0.732. The summed E-state index contributed by atoms with van der Waals surface area (Å²) in [6, 6.07) is 1.92. The quantitative estimate of drug-likeness (QED) is 0.585. The first kappa shape index (κ1) is 14.0. The van der Waals surface area contributed by atoms with Gasteiger partial charge in [-0.1, -0.05) is 0 Å². The highest BCUT2D eigenvalue weighted by atomic mass is 19.1. The second kappa shape index (κ2) is 5.83. The lowest BCUT2D eigenvalue weighted by Crippen LogP contribution is -2.40. The normalized spacial score (nSPS) is 20.8. The van der Waals surface area contributed by atoms with Crippen LogP contribution in [0.2, 0.25) is 0 Å². The van der Waals surface area contributed by atoms with Crippen molar-refractivity contribution in [3.05, 3.63) is 11.8 Å². The predicted octanol–water partition coefficient (Wildman–Crippen LogP) is 2.08. The van der Waals surface area contributed by atoms with Gasteiger partial charge in [-0.25, -0.2) is 9.38 Å². The third-order valence-electron chi connectivity index (χ3n) is 4.01. The molecule has 0 bridgehead atoms. The number of likely N-dealkylation sites (tertiary alicyclic amines) is 1. The summed E-state index contributed by atoms with van der Waals surface area (Å²) in [5.41, 5.74) is 7.01. The summed E-state index contributed by atoms with van der Waals surface area (Å²) in [7, 11) is 0. The van der Waals surface area contributed by atoms with E-state index in [2.05, 4.69) is 15.2 Å². The van der Waals surface area contributed by atoms with Crippen molar-refractivity contribution in [2.45, 2.75) is 44.2 Å². The second-order valence-electron chi connectivity index (χ2n) is 5.84. The van der Waals surface area contributed by atoms with Gasteiger partial charge in [-0.2, -0.15) is 5.10 Å². The van der Waals surface area contributed by atoms with E-state index >= 15 is 0 Å². The van der Waals surface area contributed by atoms with Gasteiger partial charge in [0.25, 0.3) is 0 Å². The summed E-state index contributed by atoms with van der Waals surface area (Å²) in [4.78, 5) is 6.12. The molecule has 1 aliphatic carbocycles. The van der Waals surface area contributed by atoms with E-state index in [1.807, 2.05) is 11.0 Å². The molecule has 0 spiro atoms. The van der Waals surface area contributed by atoms with Crippen LogP contribution in [0.4, 0.5) is 10.2 Å². The maximum absolute atomic E-state index is 13.1. The Bertz CT molecular complexity index is 539. The molecule has 7 heteroatoms. The lowest BCUT2D eigenvalue weighted by molar-refractivity contribution is 0.202. The molecule has 1 aliphatic heterocycles. The Morgan fingerprint density at radius 1 is 1.43 bits per heavy atom. The van der Waals surface area contributed by atoms with Crippen molar-refractivity contribution in [3.63, 3.8) is 0 Å². The second-order valence-corrected chi connectivity index (χ2v) is 5.84. The van der Waals surface area contributed by atoms with Crippen molar-refractivity contribution < 1.29 is 4.39 Å². The zero-order chi connectivity index (χ0) is 14.8. The van der Waals surface area contributed by atoms with Crippen LogP contribution < -0.4 is 5.73 Å². The molecule has 2 heterocycles. The number of aliphatic imine (C=N–C) groups is 1. The number of nitrogens with zero attached hydrogens (tertiary/aromatic N) is 3. The number of rotatable bonds is 4. The zero-order valence-electron chi connectivity index (χ0n) is 12.0. The van der Waals surface area contributed by atoms with E-state index in [-0.39, 0.29) is 6.42 Å². The highest BCUT2D eigenvalue weighted by molar-refractivity contribution is 6.01. The highest BCUT2D eigenvalue weighted by Gasteiger charge is 2.25. The first-order valence-electron chi connectivity index (χ1n) is 7.46. The molecule has 0 atom stereocenters. The SMILES string of the molecule is N=C(CC(N)=Nc1cc(C2CC2)[nH]n1)N1CCC(F)CC1. The summed E-state index contributed by atoms with van der Waals surface area (Å²) in [5.74, 6) is 1.95. The molecule has 1 saturated heterocycles. The molecule has 4 N–H and O–H groups in total. The molecule has 6 nitrogen and oxygen atoms in total. The Balaban J connectivity index is 1.55. The van der Waals surface area contributed by atoms with Crippen LogP contribution >= 0.6 is 0 Å². The number of H-pyrrole nitrogens is 1. The molecule has 21 heavy (non-hydrogen) atoms. The first-order valence-corrected chi connectivity index (χ1v) is 7.46. The number of amidine groups is 2. The number of piperidine rings is 1. The highest BCUT2D eigenvalue weighted by Crippen LogP contribution is 2.39. The number of aromatic amines is 1. The van der Waals surface area contributed by atoms with E-state index in [1.165, 1.54) is 12.8 Å². The number of hydrogen-bond acceptors (Lipinski definition) is 3. The van der Waals surface area contributed by atoms with E-state index in [1.54, 1.807) is 0 Å². The van der Waals surface area contributed by atoms with Gasteiger partial charge in [-0.05, 0) is 25.7 Å². The van der Waals surface area contributed by atoms with Gasteiger partial charge in [-0.3, -0.25) is 10.5 Å². The number of hydrogen-bond donors (Lipinski definition) is 3. The molecule has 114 valence electrons. The van der Waals surface area contributed by atoms with Crippen molar-refractivity contribution in [2.24, 2.45) is 10.7 Å². The molecule has 0 amide bonds. The van der Waals surface area contributed by atoms with Crippen LogP contribution in [0.3, 0.4) is 0 Å². The van der Waals surface area contributed by atoms with Gasteiger partial charge in [0.05, 0.1) is 6.42 Å².